The molecule has 3 nitrogen and oxygen atoms in total. The first-order chi connectivity index (χ1) is 6.25. The zero-order valence-electron chi connectivity index (χ0n) is 8.16. The second kappa shape index (κ2) is 3.40. The van der Waals surface area contributed by atoms with Gasteiger partial charge in [-0.05, 0) is 25.7 Å². The van der Waals surface area contributed by atoms with Crippen LogP contribution in [0.3, 0.4) is 0 Å². The molecule has 0 aliphatic heterocycles. The van der Waals surface area contributed by atoms with Crippen LogP contribution in [0.25, 0.3) is 0 Å². The van der Waals surface area contributed by atoms with E-state index in [9.17, 15) is 0 Å². The summed E-state index contributed by atoms with van der Waals surface area (Å²) in [5.74, 6) is 0.832. The molecule has 72 valence electrons. The van der Waals surface area contributed by atoms with Crippen LogP contribution in [0.1, 0.15) is 31.4 Å². The number of nitrogen functional groups attached to an aromatic ring is 1. The fourth-order valence-corrected chi connectivity index (χ4v) is 2.08. The van der Waals surface area contributed by atoms with E-state index < -0.39 is 0 Å². The van der Waals surface area contributed by atoms with Gasteiger partial charge in [0.15, 0.2) is 0 Å². The van der Waals surface area contributed by atoms with Gasteiger partial charge in [0.2, 0.25) is 0 Å². The molecule has 0 aromatic carbocycles. The molecule has 1 heterocycles. The summed E-state index contributed by atoms with van der Waals surface area (Å²) < 4.78 is 2.00. The van der Waals surface area contributed by atoms with Crippen LogP contribution in [0.15, 0.2) is 6.20 Å². The number of hydrogen-bond acceptors (Lipinski definition) is 2. The van der Waals surface area contributed by atoms with Crippen molar-refractivity contribution in [3.8, 4) is 0 Å². The standard InChI is InChI=1S/C10H17N3/c1-8-10(11)7-13(12-8)6-9-4-2-3-5-9/h7,9H,2-6,11H2,1H3. The first kappa shape index (κ1) is 8.60. The molecule has 13 heavy (non-hydrogen) atoms. The van der Waals surface area contributed by atoms with Gasteiger partial charge >= 0.3 is 0 Å². The molecule has 1 aliphatic rings. The van der Waals surface area contributed by atoms with E-state index in [1.54, 1.807) is 0 Å². The maximum atomic E-state index is 5.73. The van der Waals surface area contributed by atoms with Crippen LogP contribution in [0.2, 0.25) is 0 Å². The van der Waals surface area contributed by atoms with Crippen LogP contribution < -0.4 is 5.73 Å². The highest BCUT2D eigenvalue weighted by Gasteiger charge is 2.15. The summed E-state index contributed by atoms with van der Waals surface area (Å²) in [6.07, 6.45) is 7.45. The number of anilines is 1. The van der Waals surface area contributed by atoms with Crippen LogP contribution >= 0.6 is 0 Å². The van der Waals surface area contributed by atoms with Crippen LogP contribution in [0.5, 0.6) is 0 Å². The van der Waals surface area contributed by atoms with E-state index in [4.69, 9.17) is 5.73 Å². The second-order valence-corrected chi connectivity index (χ2v) is 4.04. The normalized spacial score (nSPS) is 18.2. The second-order valence-electron chi connectivity index (χ2n) is 4.04. The topological polar surface area (TPSA) is 43.8 Å². The average molecular weight is 179 g/mol. The quantitative estimate of drug-likeness (QED) is 0.754. The van der Waals surface area contributed by atoms with E-state index in [-0.39, 0.29) is 0 Å². The lowest BCUT2D eigenvalue weighted by atomic mass is 10.1. The summed E-state index contributed by atoms with van der Waals surface area (Å²) in [4.78, 5) is 0. The summed E-state index contributed by atoms with van der Waals surface area (Å²) in [5, 5.41) is 4.37. The molecule has 1 fully saturated rings. The molecule has 2 N–H and O–H groups in total. The van der Waals surface area contributed by atoms with E-state index >= 15 is 0 Å². The van der Waals surface area contributed by atoms with Crippen LogP contribution in [0.4, 0.5) is 5.69 Å². The smallest absolute Gasteiger partial charge is 0.0822 e. The van der Waals surface area contributed by atoms with Gasteiger partial charge in [0.25, 0.3) is 0 Å². The SMILES string of the molecule is Cc1nn(CC2CCCC2)cc1N. The van der Waals surface area contributed by atoms with Crippen molar-refractivity contribution in [1.29, 1.82) is 0 Å². The number of rotatable bonds is 2. The Balaban J connectivity index is 2.00. The van der Waals surface area contributed by atoms with Crippen molar-refractivity contribution < 1.29 is 0 Å². The molecule has 1 aromatic heterocycles. The van der Waals surface area contributed by atoms with Gasteiger partial charge < -0.3 is 5.73 Å². The maximum absolute atomic E-state index is 5.73. The van der Waals surface area contributed by atoms with Gasteiger partial charge in [-0.25, -0.2) is 0 Å². The molecule has 0 spiro atoms. The van der Waals surface area contributed by atoms with Gasteiger partial charge in [-0.3, -0.25) is 4.68 Å². The summed E-state index contributed by atoms with van der Waals surface area (Å²) in [6.45, 7) is 3.01. The molecule has 3 heteroatoms. The van der Waals surface area contributed by atoms with Crippen molar-refractivity contribution in [3.63, 3.8) is 0 Å². The zero-order chi connectivity index (χ0) is 9.26. The van der Waals surface area contributed by atoms with E-state index in [1.807, 2.05) is 17.8 Å². The largest absolute Gasteiger partial charge is 0.396 e. The molecule has 1 aromatic rings. The predicted octanol–water partition coefficient (Wildman–Crippen LogP) is 1.96. The Morgan fingerprint density at radius 1 is 1.54 bits per heavy atom. The minimum absolute atomic E-state index is 0.818. The Hall–Kier alpha value is -0.990. The zero-order valence-corrected chi connectivity index (χ0v) is 8.16. The third kappa shape index (κ3) is 1.85. The monoisotopic (exact) mass is 179 g/mol. The van der Waals surface area contributed by atoms with Crippen molar-refractivity contribution in [3.05, 3.63) is 11.9 Å². The minimum atomic E-state index is 0.818. The highest BCUT2D eigenvalue weighted by molar-refractivity contribution is 5.39. The molecule has 0 amide bonds. The molecular formula is C10H17N3. The predicted molar refractivity (Wildman–Crippen MR) is 53.3 cm³/mol. The highest BCUT2D eigenvalue weighted by Crippen LogP contribution is 2.26. The third-order valence-corrected chi connectivity index (χ3v) is 2.90. The molecule has 0 saturated heterocycles. The lowest BCUT2D eigenvalue weighted by Gasteiger charge is -2.07. The van der Waals surface area contributed by atoms with Gasteiger partial charge in [0, 0.05) is 12.7 Å². The van der Waals surface area contributed by atoms with Crippen molar-refractivity contribution in [2.75, 3.05) is 5.73 Å². The van der Waals surface area contributed by atoms with Gasteiger partial charge in [0.1, 0.15) is 0 Å². The first-order valence-corrected chi connectivity index (χ1v) is 5.05. The Morgan fingerprint density at radius 2 is 2.23 bits per heavy atom. The fraction of sp³-hybridized carbons (Fsp3) is 0.700. The van der Waals surface area contributed by atoms with Crippen molar-refractivity contribution in [1.82, 2.24) is 9.78 Å². The number of nitrogens with zero attached hydrogens (tertiary/aromatic N) is 2. The summed E-state index contributed by atoms with van der Waals surface area (Å²) >= 11 is 0. The fourth-order valence-electron chi connectivity index (χ4n) is 2.08. The lowest BCUT2D eigenvalue weighted by Crippen LogP contribution is -2.07. The van der Waals surface area contributed by atoms with Crippen LogP contribution in [-0.4, -0.2) is 9.78 Å². The van der Waals surface area contributed by atoms with Crippen LogP contribution in [0, 0.1) is 12.8 Å². The molecular weight excluding hydrogens is 162 g/mol. The van der Waals surface area contributed by atoms with E-state index in [0.717, 1.165) is 23.8 Å². The molecule has 1 saturated carbocycles. The van der Waals surface area contributed by atoms with Gasteiger partial charge in [-0.1, -0.05) is 12.8 Å². The molecule has 1 aliphatic carbocycles. The van der Waals surface area contributed by atoms with Gasteiger partial charge in [-0.2, -0.15) is 5.10 Å². The summed E-state index contributed by atoms with van der Waals surface area (Å²) in [7, 11) is 0. The number of aryl methyl sites for hydroxylation is 1. The van der Waals surface area contributed by atoms with Crippen LogP contribution in [-0.2, 0) is 6.54 Å². The Kier molecular flexibility index (Phi) is 2.25. The summed E-state index contributed by atoms with van der Waals surface area (Å²) in [6, 6.07) is 0. The number of nitrogens with two attached hydrogens (primary N) is 1. The molecule has 0 atom stereocenters. The summed E-state index contributed by atoms with van der Waals surface area (Å²) in [5.41, 5.74) is 7.51. The highest BCUT2D eigenvalue weighted by atomic mass is 15.3. The Labute approximate surface area is 78.9 Å². The van der Waals surface area contributed by atoms with E-state index in [1.165, 1.54) is 25.7 Å². The van der Waals surface area contributed by atoms with Gasteiger partial charge in [-0.15, -0.1) is 0 Å². The Bertz CT molecular complexity index is 265. The van der Waals surface area contributed by atoms with Gasteiger partial charge in [0.05, 0.1) is 11.4 Å². The number of hydrogen-bond donors (Lipinski definition) is 1. The van der Waals surface area contributed by atoms with Crippen molar-refractivity contribution in [2.45, 2.75) is 39.2 Å². The third-order valence-electron chi connectivity index (χ3n) is 2.90. The van der Waals surface area contributed by atoms with E-state index in [2.05, 4.69) is 5.10 Å². The molecule has 0 bridgehead atoms. The number of aromatic nitrogens is 2. The Morgan fingerprint density at radius 3 is 2.77 bits per heavy atom. The van der Waals surface area contributed by atoms with Crippen molar-refractivity contribution >= 4 is 5.69 Å². The lowest BCUT2D eigenvalue weighted by molar-refractivity contribution is 0.428. The molecule has 2 rings (SSSR count). The van der Waals surface area contributed by atoms with E-state index in [0.29, 0.717) is 0 Å². The maximum Gasteiger partial charge on any atom is 0.0822 e. The first-order valence-electron chi connectivity index (χ1n) is 5.05. The molecule has 0 unspecified atom stereocenters. The average Bonchev–Trinajstić information content (AvgIpc) is 2.64. The van der Waals surface area contributed by atoms with Crippen molar-refractivity contribution in [2.24, 2.45) is 5.92 Å². The minimum Gasteiger partial charge on any atom is -0.396 e. The molecule has 0 radical (unpaired) electrons.